The highest BCUT2D eigenvalue weighted by atomic mass is 32.2. The molecule has 2 aromatic rings. The van der Waals surface area contributed by atoms with E-state index in [1.807, 2.05) is 37.3 Å². The van der Waals surface area contributed by atoms with E-state index >= 15 is 0 Å². The molecule has 2 aliphatic heterocycles. The third-order valence-electron chi connectivity index (χ3n) is 6.63. The first-order valence-electron chi connectivity index (χ1n) is 12.2. The highest BCUT2D eigenvalue weighted by Gasteiger charge is 2.33. The molecule has 9 heteroatoms. The van der Waals surface area contributed by atoms with Crippen LogP contribution in [0.5, 0.6) is 5.75 Å². The number of amides is 1. The van der Waals surface area contributed by atoms with Gasteiger partial charge in [0.1, 0.15) is 27.5 Å². The number of rotatable bonds is 8. The van der Waals surface area contributed by atoms with Crippen LogP contribution in [-0.2, 0) is 17.8 Å². The summed E-state index contributed by atoms with van der Waals surface area (Å²) in [7, 11) is 1.63. The van der Waals surface area contributed by atoms with E-state index in [0.29, 0.717) is 34.3 Å². The number of nitriles is 1. The Balaban J connectivity index is 1.69. The topological polar surface area (TPSA) is 78.6 Å². The first kappa shape index (κ1) is 26.0. The Morgan fingerprint density at radius 1 is 1.17 bits per heavy atom. The van der Waals surface area contributed by atoms with Crippen molar-refractivity contribution in [3.05, 3.63) is 61.8 Å². The third-order valence-corrected chi connectivity index (χ3v) is 8.01. The molecule has 0 aliphatic carbocycles. The number of methoxy groups -OCH3 is 1. The van der Waals surface area contributed by atoms with Crippen LogP contribution in [0.15, 0.2) is 34.0 Å². The maximum Gasteiger partial charge on any atom is 0.270 e. The molecule has 0 unspecified atom stereocenters. The van der Waals surface area contributed by atoms with Crippen LogP contribution in [0, 0.1) is 18.3 Å². The fourth-order valence-electron chi connectivity index (χ4n) is 4.70. The van der Waals surface area contributed by atoms with Gasteiger partial charge in [0.15, 0.2) is 0 Å². The molecule has 0 N–H and O–H groups in total. The Morgan fingerprint density at radius 3 is 2.47 bits per heavy atom. The van der Waals surface area contributed by atoms with Crippen LogP contribution in [0.1, 0.15) is 48.4 Å². The second-order valence-electron chi connectivity index (χ2n) is 8.93. The minimum atomic E-state index is -0.261. The molecule has 0 radical (unpaired) electrons. The number of hydrogen-bond acceptors (Lipinski definition) is 7. The smallest absolute Gasteiger partial charge is 0.270 e. The molecule has 0 saturated carbocycles. The number of hydrogen-bond donors (Lipinski definition) is 0. The van der Waals surface area contributed by atoms with Gasteiger partial charge in [0.25, 0.3) is 11.5 Å². The Hall–Kier alpha value is -3.09. The zero-order chi connectivity index (χ0) is 25.8. The fourth-order valence-corrected chi connectivity index (χ4v) is 5.99. The number of thiocarbonyl (C=S) groups is 1. The molecule has 1 amide bonds. The lowest BCUT2D eigenvalue weighted by Gasteiger charge is -2.26. The van der Waals surface area contributed by atoms with Crippen LogP contribution in [0.3, 0.4) is 0 Å². The number of thioether (sulfide) groups is 1. The molecule has 4 rings (SSSR count). The molecule has 2 aliphatic rings. The van der Waals surface area contributed by atoms with Gasteiger partial charge in [-0.15, -0.1) is 0 Å². The number of carbonyl (C=O) groups excluding carboxylic acids is 1. The normalized spacial score (nSPS) is 16.8. The van der Waals surface area contributed by atoms with E-state index in [2.05, 4.69) is 11.0 Å². The quantitative estimate of drug-likeness (QED) is 0.373. The molecule has 0 atom stereocenters. The van der Waals surface area contributed by atoms with Gasteiger partial charge < -0.3 is 9.64 Å². The fraction of sp³-hybridized carbons (Fsp3) is 0.407. The van der Waals surface area contributed by atoms with E-state index < -0.39 is 0 Å². The van der Waals surface area contributed by atoms with E-state index in [-0.39, 0.29) is 17.0 Å². The second-order valence-corrected chi connectivity index (χ2v) is 10.6. The van der Waals surface area contributed by atoms with Crippen molar-refractivity contribution in [2.75, 3.05) is 31.6 Å². The lowest BCUT2D eigenvalue weighted by atomic mass is 10.0. The van der Waals surface area contributed by atoms with Gasteiger partial charge in [-0.3, -0.25) is 19.1 Å². The van der Waals surface area contributed by atoms with Gasteiger partial charge in [-0.2, -0.15) is 5.26 Å². The Bertz CT molecular complexity index is 1300. The standard InChI is InChI=1S/C27H30N4O3S2/c1-4-12-30-24(29-13-5-6-14-29)21(18(2)22(17-28)25(30)32)16-23-26(33)31(27(35)36-23)15-11-19-7-9-20(34-3)10-8-19/h7-10,16H,4-6,11-15H2,1-3H3. The minimum absolute atomic E-state index is 0.132. The van der Waals surface area contributed by atoms with Crippen LogP contribution in [-0.4, -0.2) is 46.4 Å². The number of benzene rings is 1. The molecule has 2 saturated heterocycles. The van der Waals surface area contributed by atoms with Gasteiger partial charge in [-0.05, 0) is 61.9 Å². The number of anilines is 1. The maximum absolute atomic E-state index is 13.4. The monoisotopic (exact) mass is 522 g/mol. The molecule has 2 fully saturated rings. The first-order valence-corrected chi connectivity index (χ1v) is 13.4. The summed E-state index contributed by atoms with van der Waals surface area (Å²) in [6.45, 7) is 6.50. The average molecular weight is 523 g/mol. The zero-order valence-corrected chi connectivity index (χ0v) is 22.5. The summed E-state index contributed by atoms with van der Waals surface area (Å²) in [5.41, 5.74) is 2.33. The number of aromatic nitrogens is 1. The zero-order valence-electron chi connectivity index (χ0n) is 20.9. The lowest BCUT2D eigenvalue weighted by Crippen LogP contribution is -2.33. The number of nitrogens with zero attached hydrogens (tertiary/aromatic N) is 4. The van der Waals surface area contributed by atoms with Crippen molar-refractivity contribution in [3.8, 4) is 11.8 Å². The molecule has 36 heavy (non-hydrogen) atoms. The highest BCUT2D eigenvalue weighted by Crippen LogP contribution is 2.36. The van der Waals surface area contributed by atoms with Gasteiger partial charge in [-0.25, -0.2) is 0 Å². The summed E-state index contributed by atoms with van der Waals surface area (Å²) in [5.74, 6) is 1.45. The molecule has 188 valence electrons. The first-order chi connectivity index (χ1) is 17.4. The van der Waals surface area contributed by atoms with Crippen molar-refractivity contribution in [2.24, 2.45) is 0 Å². The predicted octanol–water partition coefficient (Wildman–Crippen LogP) is 4.49. The van der Waals surface area contributed by atoms with Crippen LogP contribution < -0.4 is 15.2 Å². The van der Waals surface area contributed by atoms with Crippen molar-refractivity contribution in [3.63, 3.8) is 0 Å². The average Bonchev–Trinajstić information content (AvgIpc) is 3.50. The SMILES string of the molecule is CCCn1c(N2CCCC2)c(C=C2SC(=S)N(CCc3ccc(OC)cc3)C2=O)c(C)c(C#N)c1=O. The largest absolute Gasteiger partial charge is 0.497 e. The molecule has 7 nitrogen and oxygen atoms in total. The predicted molar refractivity (Wildman–Crippen MR) is 148 cm³/mol. The van der Waals surface area contributed by atoms with Gasteiger partial charge in [0.2, 0.25) is 0 Å². The van der Waals surface area contributed by atoms with E-state index in [4.69, 9.17) is 17.0 Å². The van der Waals surface area contributed by atoms with Crippen molar-refractivity contribution in [1.82, 2.24) is 9.47 Å². The van der Waals surface area contributed by atoms with Gasteiger partial charge in [0.05, 0.1) is 12.0 Å². The second kappa shape index (κ2) is 11.3. The van der Waals surface area contributed by atoms with E-state index in [1.54, 1.807) is 23.5 Å². The van der Waals surface area contributed by atoms with Gasteiger partial charge in [0, 0.05) is 31.7 Å². The Labute approximate surface area is 221 Å². The number of carbonyl (C=O) groups is 1. The molecular formula is C27H30N4O3S2. The molecule has 0 bridgehead atoms. The van der Waals surface area contributed by atoms with Crippen LogP contribution in [0.25, 0.3) is 6.08 Å². The highest BCUT2D eigenvalue weighted by molar-refractivity contribution is 8.26. The summed E-state index contributed by atoms with van der Waals surface area (Å²) < 4.78 is 7.45. The van der Waals surface area contributed by atoms with Crippen molar-refractivity contribution in [2.45, 2.75) is 46.1 Å². The lowest BCUT2D eigenvalue weighted by molar-refractivity contribution is -0.122. The number of ether oxygens (including phenoxy) is 1. The summed E-state index contributed by atoms with van der Waals surface area (Å²) in [6.07, 6.45) is 5.37. The molecule has 1 aromatic carbocycles. The van der Waals surface area contributed by atoms with Crippen LogP contribution in [0.2, 0.25) is 0 Å². The third kappa shape index (κ3) is 5.06. The molecular weight excluding hydrogens is 492 g/mol. The van der Waals surface area contributed by atoms with Gasteiger partial charge in [-0.1, -0.05) is 43.0 Å². The van der Waals surface area contributed by atoms with Crippen molar-refractivity contribution >= 4 is 46.1 Å². The summed E-state index contributed by atoms with van der Waals surface area (Å²) >= 11 is 6.84. The molecule has 0 spiro atoms. The Morgan fingerprint density at radius 2 is 1.86 bits per heavy atom. The van der Waals surface area contributed by atoms with Crippen molar-refractivity contribution < 1.29 is 9.53 Å². The van der Waals surface area contributed by atoms with Gasteiger partial charge >= 0.3 is 0 Å². The van der Waals surface area contributed by atoms with E-state index in [0.717, 1.165) is 55.0 Å². The van der Waals surface area contributed by atoms with Crippen molar-refractivity contribution in [1.29, 1.82) is 5.26 Å². The molecule has 3 heterocycles. The summed E-state index contributed by atoms with van der Waals surface area (Å²) in [4.78, 5) is 31.0. The molecule has 1 aromatic heterocycles. The summed E-state index contributed by atoms with van der Waals surface area (Å²) in [6, 6.07) is 9.88. The Kier molecular flexibility index (Phi) is 8.17. The maximum atomic E-state index is 13.4. The van der Waals surface area contributed by atoms with Crippen LogP contribution >= 0.6 is 24.0 Å². The minimum Gasteiger partial charge on any atom is -0.497 e. The van der Waals surface area contributed by atoms with E-state index in [1.165, 1.54) is 11.8 Å². The number of pyridine rings is 1. The van der Waals surface area contributed by atoms with E-state index in [9.17, 15) is 14.9 Å². The summed E-state index contributed by atoms with van der Waals surface area (Å²) in [5, 5.41) is 9.77. The van der Waals surface area contributed by atoms with Crippen LogP contribution in [0.4, 0.5) is 5.82 Å².